The van der Waals surface area contributed by atoms with E-state index in [1.807, 2.05) is 42.6 Å². The average molecular weight is 393 g/mol. The molecule has 0 radical (unpaired) electrons. The zero-order valence-corrected chi connectivity index (χ0v) is 16.4. The van der Waals surface area contributed by atoms with Crippen molar-refractivity contribution in [2.24, 2.45) is 0 Å². The summed E-state index contributed by atoms with van der Waals surface area (Å²) in [6, 6.07) is 13.4. The third-order valence-corrected chi connectivity index (χ3v) is 4.83. The molecule has 2 aromatic heterocycles. The van der Waals surface area contributed by atoms with Crippen LogP contribution in [0.4, 0.5) is 5.69 Å². The molecule has 0 fully saturated rings. The van der Waals surface area contributed by atoms with E-state index in [1.54, 1.807) is 35.0 Å². The molecule has 1 amide bonds. The molecule has 0 saturated carbocycles. The van der Waals surface area contributed by atoms with Gasteiger partial charge in [0.1, 0.15) is 6.42 Å². The highest BCUT2D eigenvalue weighted by Crippen LogP contribution is 2.29. The molecule has 0 unspecified atom stereocenters. The Balaban J connectivity index is 2.04. The maximum absolute atomic E-state index is 12.6. The van der Waals surface area contributed by atoms with E-state index in [4.69, 9.17) is 10.00 Å². The van der Waals surface area contributed by atoms with E-state index in [1.165, 1.54) is 0 Å². The van der Waals surface area contributed by atoms with Crippen molar-refractivity contribution in [1.82, 2.24) is 4.57 Å². The number of benzene rings is 1. The lowest BCUT2D eigenvalue weighted by Crippen LogP contribution is -2.17. The van der Waals surface area contributed by atoms with Crippen molar-refractivity contribution in [3.05, 3.63) is 58.5 Å². The Morgan fingerprint density at radius 1 is 1.21 bits per heavy atom. The number of aryl methyl sites for hydroxylation is 1. The second-order valence-electron chi connectivity index (χ2n) is 6.05. The lowest BCUT2D eigenvalue weighted by Gasteiger charge is -2.13. The lowest BCUT2D eigenvalue weighted by molar-refractivity contribution is -0.115. The second kappa shape index (κ2) is 8.55. The van der Waals surface area contributed by atoms with Crippen LogP contribution in [0, 0.1) is 18.3 Å². The molecule has 0 aliphatic rings. The fourth-order valence-corrected chi connectivity index (χ4v) is 3.63. The van der Waals surface area contributed by atoms with Gasteiger partial charge in [-0.3, -0.25) is 4.79 Å². The lowest BCUT2D eigenvalue weighted by atomic mass is 10.1. The van der Waals surface area contributed by atoms with Gasteiger partial charge in [-0.25, -0.2) is 4.79 Å². The molecule has 7 heteroatoms. The number of ether oxygens (including phenoxy) is 1. The van der Waals surface area contributed by atoms with E-state index in [2.05, 4.69) is 10.7 Å². The molecule has 3 aromatic rings. The molecule has 0 bridgehead atoms. The Morgan fingerprint density at radius 2 is 1.96 bits per heavy atom. The summed E-state index contributed by atoms with van der Waals surface area (Å²) >= 11 is 1.63. The molecule has 28 heavy (non-hydrogen) atoms. The third kappa shape index (κ3) is 3.97. The van der Waals surface area contributed by atoms with Crippen molar-refractivity contribution in [2.75, 3.05) is 11.9 Å². The first-order chi connectivity index (χ1) is 13.5. The minimum atomic E-state index is -0.537. The maximum Gasteiger partial charge on any atom is 0.357 e. The van der Waals surface area contributed by atoms with Crippen molar-refractivity contribution in [1.29, 1.82) is 5.26 Å². The summed E-state index contributed by atoms with van der Waals surface area (Å²) in [5, 5.41) is 15.4. The van der Waals surface area contributed by atoms with Gasteiger partial charge in [-0.15, -0.1) is 0 Å². The van der Waals surface area contributed by atoms with E-state index < -0.39 is 11.9 Å². The SMILES string of the molecule is CCOC(=O)c1c(NC(=O)CC#N)cc(C)n1-c1ccc(-c2ccsc2)cc1. The van der Waals surface area contributed by atoms with Crippen LogP contribution in [-0.4, -0.2) is 23.1 Å². The van der Waals surface area contributed by atoms with Crippen molar-refractivity contribution in [3.8, 4) is 22.9 Å². The highest BCUT2D eigenvalue weighted by molar-refractivity contribution is 7.08. The summed E-state index contributed by atoms with van der Waals surface area (Å²) in [6.45, 7) is 3.78. The second-order valence-corrected chi connectivity index (χ2v) is 6.83. The van der Waals surface area contributed by atoms with Crippen LogP contribution in [0.5, 0.6) is 0 Å². The molecule has 0 aliphatic heterocycles. The summed E-state index contributed by atoms with van der Waals surface area (Å²) in [5.74, 6) is -1.01. The molecule has 6 nitrogen and oxygen atoms in total. The van der Waals surface area contributed by atoms with Crippen molar-refractivity contribution in [3.63, 3.8) is 0 Å². The summed E-state index contributed by atoms with van der Waals surface area (Å²) in [5.41, 5.74) is 4.32. The van der Waals surface area contributed by atoms with Crippen LogP contribution >= 0.6 is 11.3 Å². The summed E-state index contributed by atoms with van der Waals surface area (Å²) in [7, 11) is 0. The molecular weight excluding hydrogens is 374 g/mol. The van der Waals surface area contributed by atoms with Gasteiger partial charge in [-0.1, -0.05) is 12.1 Å². The highest BCUT2D eigenvalue weighted by Gasteiger charge is 2.23. The third-order valence-electron chi connectivity index (χ3n) is 4.15. The van der Waals surface area contributed by atoms with Crippen LogP contribution in [0.2, 0.25) is 0 Å². The normalized spacial score (nSPS) is 10.3. The van der Waals surface area contributed by atoms with E-state index in [-0.39, 0.29) is 18.7 Å². The van der Waals surface area contributed by atoms with Gasteiger partial charge in [0.15, 0.2) is 5.69 Å². The first-order valence-corrected chi connectivity index (χ1v) is 9.68. The molecular formula is C21H19N3O3S. The van der Waals surface area contributed by atoms with Gasteiger partial charge in [0.05, 0.1) is 18.4 Å². The zero-order chi connectivity index (χ0) is 20.1. The molecule has 0 atom stereocenters. The number of carbonyl (C=O) groups excluding carboxylic acids is 2. The molecule has 0 saturated heterocycles. The first kappa shape index (κ1) is 19.4. The molecule has 142 valence electrons. The summed E-state index contributed by atoms with van der Waals surface area (Å²) in [6.07, 6.45) is -0.290. The Morgan fingerprint density at radius 3 is 2.57 bits per heavy atom. The molecule has 1 N–H and O–H groups in total. The number of aromatic nitrogens is 1. The predicted molar refractivity (Wildman–Crippen MR) is 109 cm³/mol. The van der Waals surface area contributed by atoms with Gasteiger partial charge in [0, 0.05) is 11.4 Å². The van der Waals surface area contributed by atoms with Gasteiger partial charge in [0.2, 0.25) is 5.91 Å². The summed E-state index contributed by atoms with van der Waals surface area (Å²) < 4.78 is 6.94. The highest BCUT2D eigenvalue weighted by atomic mass is 32.1. The van der Waals surface area contributed by atoms with Gasteiger partial charge < -0.3 is 14.6 Å². The van der Waals surface area contributed by atoms with Gasteiger partial charge in [-0.05, 0) is 60.0 Å². The largest absolute Gasteiger partial charge is 0.461 e. The summed E-state index contributed by atoms with van der Waals surface area (Å²) in [4.78, 5) is 24.5. The number of nitrogens with one attached hydrogen (secondary N) is 1. The van der Waals surface area contributed by atoms with Crippen LogP contribution in [-0.2, 0) is 9.53 Å². The van der Waals surface area contributed by atoms with E-state index in [9.17, 15) is 9.59 Å². The van der Waals surface area contributed by atoms with Crippen LogP contribution in [0.1, 0.15) is 29.5 Å². The molecule has 0 spiro atoms. The molecule has 0 aliphatic carbocycles. The molecule has 1 aromatic carbocycles. The van der Waals surface area contributed by atoms with Gasteiger partial charge in [-0.2, -0.15) is 16.6 Å². The number of hydrogen-bond donors (Lipinski definition) is 1. The van der Waals surface area contributed by atoms with Crippen LogP contribution < -0.4 is 5.32 Å². The maximum atomic E-state index is 12.6. The van der Waals surface area contributed by atoms with Crippen molar-refractivity contribution in [2.45, 2.75) is 20.3 Å². The van der Waals surface area contributed by atoms with Crippen LogP contribution in [0.25, 0.3) is 16.8 Å². The smallest absolute Gasteiger partial charge is 0.357 e. The number of nitrogens with zero attached hydrogens (tertiary/aromatic N) is 2. The zero-order valence-electron chi connectivity index (χ0n) is 15.6. The quantitative estimate of drug-likeness (QED) is 0.623. The number of thiophene rings is 1. The number of nitriles is 1. The Labute approximate surface area is 167 Å². The standard InChI is InChI=1S/C21H19N3O3S/c1-3-27-21(26)20-18(23-19(25)8-10-22)12-14(2)24(20)17-6-4-15(5-7-17)16-9-11-28-13-16/h4-7,9,11-13H,3,8H2,1-2H3,(H,23,25). The van der Waals surface area contributed by atoms with E-state index in [0.29, 0.717) is 5.69 Å². The first-order valence-electron chi connectivity index (χ1n) is 8.74. The molecule has 2 heterocycles. The van der Waals surface area contributed by atoms with Crippen molar-refractivity contribution < 1.29 is 14.3 Å². The van der Waals surface area contributed by atoms with Crippen LogP contribution in [0.3, 0.4) is 0 Å². The fraction of sp³-hybridized carbons (Fsp3) is 0.190. The number of hydrogen-bond acceptors (Lipinski definition) is 5. The number of amides is 1. The van der Waals surface area contributed by atoms with Gasteiger partial charge >= 0.3 is 5.97 Å². The monoisotopic (exact) mass is 393 g/mol. The average Bonchev–Trinajstić information content (AvgIpc) is 3.30. The molecule has 3 rings (SSSR count). The topological polar surface area (TPSA) is 84.1 Å². The number of carbonyl (C=O) groups is 2. The van der Waals surface area contributed by atoms with Crippen molar-refractivity contribution >= 4 is 28.9 Å². The van der Waals surface area contributed by atoms with E-state index in [0.717, 1.165) is 22.5 Å². The Hall–Kier alpha value is -3.37. The number of rotatable bonds is 6. The fourth-order valence-electron chi connectivity index (χ4n) is 2.97. The van der Waals surface area contributed by atoms with Gasteiger partial charge in [0.25, 0.3) is 0 Å². The Bertz CT molecular complexity index is 1030. The number of esters is 1. The predicted octanol–water partition coefficient (Wildman–Crippen LogP) is 4.54. The number of anilines is 1. The minimum absolute atomic E-state index is 0.214. The Kier molecular flexibility index (Phi) is 5.92. The van der Waals surface area contributed by atoms with Crippen LogP contribution in [0.15, 0.2) is 47.2 Å². The van der Waals surface area contributed by atoms with E-state index >= 15 is 0 Å². The minimum Gasteiger partial charge on any atom is -0.461 e.